The number of anilines is 2. The maximum Gasteiger partial charge on any atom is 0.153 e. The summed E-state index contributed by atoms with van der Waals surface area (Å²) in [6.07, 6.45) is 0. The Morgan fingerprint density at radius 3 is 2.62 bits per heavy atom. The Morgan fingerprint density at radius 2 is 1.94 bits per heavy atom. The van der Waals surface area contributed by atoms with Crippen LogP contribution in [0.2, 0.25) is 0 Å². The topological polar surface area (TPSA) is 89.6 Å². The molecule has 1 aromatic carbocycles. The predicted molar refractivity (Wildman–Crippen MR) is 62.5 cm³/mol. The summed E-state index contributed by atoms with van der Waals surface area (Å²) in [5.74, 6) is 0.627. The zero-order valence-electron chi connectivity index (χ0n) is 8.46. The van der Waals surface area contributed by atoms with Crippen LogP contribution in [0.25, 0.3) is 0 Å². The molecule has 0 aliphatic rings. The van der Waals surface area contributed by atoms with Gasteiger partial charge in [0.15, 0.2) is 5.82 Å². The zero-order chi connectivity index (χ0) is 11.4. The molecular formula is C11H10N5. The van der Waals surface area contributed by atoms with Gasteiger partial charge in [0, 0.05) is 6.07 Å². The average Bonchev–Trinajstić information content (AvgIpc) is 2.29. The van der Waals surface area contributed by atoms with Gasteiger partial charge in [0.2, 0.25) is 0 Å². The number of aromatic nitrogens is 1. The number of nitrogen functional groups attached to an aromatic ring is 2. The van der Waals surface area contributed by atoms with Gasteiger partial charge in [0.1, 0.15) is 11.5 Å². The van der Waals surface area contributed by atoms with E-state index in [0.29, 0.717) is 17.2 Å². The van der Waals surface area contributed by atoms with Crippen molar-refractivity contribution in [3.8, 4) is 0 Å². The molecule has 0 saturated carbocycles. The molecule has 0 bridgehead atoms. The highest BCUT2D eigenvalue weighted by atomic mass is 15.1. The normalized spacial score (nSPS) is 10.8. The fourth-order valence-corrected chi connectivity index (χ4v) is 1.12. The highest BCUT2D eigenvalue weighted by Crippen LogP contribution is 2.23. The third-order valence-electron chi connectivity index (χ3n) is 1.88. The Labute approximate surface area is 92.8 Å². The number of nitrogens with zero attached hydrogens (tertiary/aromatic N) is 3. The molecule has 4 N–H and O–H groups in total. The van der Waals surface area contributed by atoms with Crippen molar-refractivity contribution in [3.05, 3.63) is 42.5 Å². The van der Waals surface area contributed by atoms with Gasteiger partial charge in [-0.25, -0.2) is 4.98 Å². The van der Waals surface area contributed by atoms with E-state index in [4.69, 9.17) is 11.5 Å². The quantitative estimate of drug-likeness (QED) is 0.749. The van der Waals surface area contributed by atoms with E-state index in [1.807, 2.05) is 12.1 Å². The minimum absolute atomic E-state index is 0.264. The first-order valence-corrected chi connectivity index (χ1v) is 4.66. The summed E-state index contributed by atoms with van der Waals surface area (Å²) in [4.78, 5) is 3.88. The highest BCUT2D eigenvalue weighted by Gasteiger charge is 1.98. The minimum atomic E-state index is 0.264. The Morgan fingerprint density at radius 1 is 1.06 bits per heavy atom. The van der Waals surface area contributed by atoms with E-state index in [2.05, 4.69) is 21.3 Å². The molecule has 0 aliphatic carbocycles. The molecule has 1 heterocycles. The first kappa shape index (κ1) is 10.1. The van der Waals surface area contributed by atoms with Crippen LogP contribution in [0, 0.1) is 6.07 Å². The number of nitrogens with two attached hydrogens (primary N) is 2. The van der Waals surface area contributed by atoms with E-state index in [-0.39, 0.29) is 5.82 Å². The molecule has 1 radical (unpaired) electrons. The first-order chi connectivity index (χ1) is 7.75. The van der Waals surface area contributed by atoms with Crippen molar-refractivity contribution in [2.24, 2.45) is 10.2 Å². The van der Waals surface area contributed by atoms with Crippen LogP contribution >= 0.6 is 0 Å². The second-order valence-corrected chi connectivity index (χ2v) is 3.09. The van der Waals surface area contributed by atoms with Gasteiger partial charge in [-0.05, 0) is 18.2 Å². The third kappa shape index (κ3) is 2.33. The van der Waals surface area contributed by atoms with E-state index in [9.17, 15) is 0 Å². The molecule has 16 heavy (non-hydrogen) atoms. The van der Waals surface area contributed by atoms with Crippen molar-refractivity contribution in [1.29, 1.82) is 0 Å². The van der Waals surface area contributed by atoms with Crippen LogP contribution in [-0.4, -0.2) is 4.98 Å². The van der Waals surface area contributed by atoms with Gasteiger partial charge in [0.05, 0.1) is 5.69 Å². The Kier molecular flexibility index (Phi) is 2.77. The molecule has 0 amide bonds. The summed E-state index contributed by atoms with van der Waals surface area (Å²) in [7, 11) is 0. The molecule has 5 nitrogen and oxygen atoms in total. The third-order valence-corrected chi connectivity index (χ3v) is 1.88. The monoisotopic (exact) mass is 212 g/mol. The number of hydrogen-bond acceptors (Lipinski definition) is 5. The van der Waals surface area contributed by atoms with E-state index in [0.717, 1.165) is 0 Å². The maximum atomic E-state index is 5.63. The lowest BCUT2D eigenvalue weighted by Gasteiger charge is -1.98. The van der Waals surface area contributed by atoms with Gasteiger partial charge in [-0.2, -0.15) is 0 Å². The maximum absolute atomic E-state index is 5.63. The summed E-state index contributed by atoms with van der Waals surface area (Å²) in [6.45, 7) is 0. The lowest BCUT2D eigenvalue weighted by molar-refractivity contribution is 1.20. The van der Waals surface area contributed by atoms with Crippen LogP contribution in [0.3, 0.4) is 0 Å². The van der Waals surface area contributed by atoms with E-state index in [1.54, 1.807) is 24.3 Å². The summed E-state index contributed by atoms with van der Waals surface area (Å²) in [6, 6.07) is 13.5. The van der Waals surface area contributed by atoms with Crippen LogP contribution in [0.5, 0.6) is 0 Å². The van der Waals surface area contributed by atoms with E-state index >= 15 is 0 Å². The second-order valence-electron chi connectivity index (χ2n) is 3.09. The standard InChI is InChI=1S/C11H10N5/c12-10-7-6-9(11(13)14-10)16-15-8-4-2-1-3-5-8/h1-4,6-7H,(H4,12,13,14). The van der Waals surface area contributed by atoms with Gasteiger partial charge in [-0.1, -0.05) is 18.2 Å². The van der Waals surface area contributed by atoms with Crippen molar-refractivity contribution < 1.29 is 0 Å². The number of pyridine rings is 1. The highest BCUT2D eigenvalue weighted by molar-refractivity contribution is 5.60. The number of rotatable bonds is 2. The molecule has 0 unspecified atom stereocenters. The van der Waals surface area contributed by atoms with Gasteiger partial charge < -0.3 is 11.5 Å². The van der Waals surface area contributed by atoms with Crippen LogP contribution in [-0.2, 0) is 0 Å². The Balaban J connectivity index is 2.24. The van der Waals surface area contributed by atoms with Gasteiger partial charge in [-0.15, -0.1) is 10.2 Å². The van der Waals surface area contributed by atoms with Gasteiger partial charge in [-0.3, -0.25) is 0 Å². The lowest BCUT2D eigenvalue weighted by Crippen LogP contribution is -1.95. The Bertz CT molecular complexity index is 507. The molecule has 0 fully saturated rings. The predicted octanol–water partition coefficient (Wildman–Crippen LogP) is 2.46. The Hall–Kier alpha value is -2.43. The molecule has 0 spiro atoms. The molecule has 0 saturated heterocycles. The van der Waals surface area contributed by atoms with E-state index in [1.165, 1.54) is 0 Å². The van der Waals surface area contributed by atoms with Crippen molar-refractivity contribution in [2.75, 3.05) is 11.5 Å². The summed E-state index contributed by atoms with van der Waals surface area (Å²) < 4.78 is 0. The minimum Gasteiger partial charge on any atom is -0.384 e. The lowest BCUT2D eigenvalue weighted by atomic mass is 10.3. The van der Waals surface area contributed by atoms with Crippen molar-refractivity contribution in [3.63, 3.8) is 0 Å². The van der Waals surface area contributed by atoms with Crippen LogP contribution in [0.1, 0.15) is 0 Å². The van der Waals surface area contributed by atoms with Crippen LogP contribution in [0.15, 0.2) is 46.6 Å². The molecule has 5 heteroatoms. The average molecular weight is 212 g/mol. The van der Waals surface area contributed by atoms with Crippen LogP contribution < -0.4 is 11.5 Å². The molecule has 0 aliphatic heterocycles. The number of azo groups is 1. The fourth-order valence-electron chi connectivity index (χ4n) is 1.12. The molecular weight excluding hydrogens is 202 g/mol. The molecule has 0 atom stereocenters. The summed E-state index contributed by atoms with van der Waals surface area (Å²) in [5, 5.41) is 7.94. The molecule has 2 rings (SSSR count). The van der Waals surface area contributed by atoms with Gasteiger partial charge in [0.25, 0.3) is 0 Å². The van der Waals surface area contributed by atoms with Crippen molar-refractivity contribution >= 4 is 23.0 Å². The largest absolute Gasteiger partial charge is 0.384 e. The number of benzene rings is 1. The smallest absolute Gasteiger partial charge is 0.153 e. The number of hydrogen-bond donors (Lipinski definition) is 2. The first-order valence-electron chi connectivity index (χ1n) is 4.66. The molecule has 79 valence electrons. The van der Waals surface area contributed by atoms with Crippen molar-refractivity contribution in [2.45, 2.75) is 0 Å². The van der Waals surface area contributed by atoms with E-state index < -0.39 is 0 Å². The second kappa shape index (κ2) is 4.39. The van der Waals surface area contributed by atoms with Crippen LogP contribution in [0.4, 0.5) is 23.0 Å². The SMILES string of the molecule is Nc1ccc(N=Nc2[c]cccc2)c(N)n1. The fraction of sp³-hybridized carbons (Fsp3) is 0. The molecule has 2 aromatic rings. The van der Waals surface area contributed by atoms with Crippen molar-refractivity contribution in [1.82, 2.24) is 4.98 Å². The summed E-state index contributed by atoms with van der Waals surface area (Å²) >= 11 is 0. The van der Waals surface area contributed by atoms with Gasteiger partial charge >= 0.3 is 0 Å². The summed E-state index contributed by atoms with van der Waals surface area (Å²) in [5.41, 5.74) is 12.2. The zero-order valence-corrected chi connectivity index (χ0v) is 8.46. The molecule has 1 aromatic heterocycles.